The lowest BCUT2D eigenvalue weighted by Gasteiger charge is -2.28. The molecule has 0 spiro atoms. The van der Waals surface area contributed by atoms with Crippen molar-refractivity contribution in [2.45, 2.75) is 19.4 Å². The van der Waals surface area contributed by atoms with Crippen molar-refractivity contribution in [3.05, 3.63) is 59.2 Å². The third-order valence-electron chi connectivity index (χ3n) is 4.82. The number of carbonyl (C=O) groups is 3. The van der Waals surface area contributed by atoms with Crippen molar-refractivity contribution in [1.82, 2.24) is 9.80 Å². The SMILES string of the molecule is CCOc1cc(CC(C(=O)N(C)C)N2C(=O)c3ccccc3C2=O)ccc1OC. The van der Waals surface area contributed by atoms with Gasteiger partial charge in [-0.15, -0.1) is 0 Å². The van der Waals surface area contributed by atoms with Gasteiger partial charge in [-0.05, 0) is 36.8 Å². The molecule has 0 saturated heterocycles. The number of imide groups is 1. The van der Waals surface area contributed by atoms with Crippen molar-refractivity contribution < 1.29 is 23.9 Å². The number of likely N-dealkylation sites (N-methyl/N-ethyl adjacent to an activating group) is 1. The Morgan fingerprint density at radius 3 is 2.17 bits per heavy atom. The predicted octanol–water partition coefficient (Wildman–Crippen LogP) is 2.39. The molecule has 1 aliphatic heterocycles. The number of nitrogens with zero attached hydrogens (tertiary/aromatic N) is 2. The van der Waals surface area contributed by atoms with Crippen molar-refractivity contribution in [1.29, 1.82) is 0 Å². The minimum atomic E-state index is -0.958. The van der Waals surface area contributed by atoms with Crippen LogP contribution in [0.1, 0.15) is 33.2 Å². The topological polar surface area (TPSA) is 76.2 Å². The Morgan fingerprint density at radius 2 is 1.66 bits per heavy atom. The summed E-state index contributed by atoms with van der Waals surface area (Å²) < 4.78 is 10.9. The molecule has 0 N–H and O–H groups in total. The summed E-state index contributed by atoms with van der Waals surface area (Å²) in [4.78, 5) is 41.2. The zero-order valence-corrected chi connectivity index (χ0v) is 17.0. The number of methoxy groups -OCH3 is 1. The second kappa shape index (κ2) is 8.34. The molecule has 1 unspecified atom stereocenters. The summed E-state index contributed by atoms with van der Waals surface area (Å²) >= 11 is 0. The van der Waals surface area contributed by atoms with Gasteiger partial charge >= 0.3 is 0 Å². The number of fused-ring (bicyclic) bond motifs is 1. The lowest BCUT2D eigenvalue weighted by molar-refractivity contribution is -0.132. The molecule has 3 amide bonds. The van der Waals surface area contributed by atoms with Crippen LogP contribution in [0.25, 0.3) is 0 Å². The van der Waals surface area contributed by atoms with Crippen molar-refractivity contribution in [3.8, 4) is 11.5 Å². The van der Waals surface area contributed by atoms with E-state index in [1.54, 1.807) is 63.7 Å². The van der Waals surface area contributed by atoms with Crippen LogP contribution in [-0.4, -0.2) is 61.4 Å². The fourth-order valence-corrected chi connectivity index (χ4v) is 3.42. The van der Waals surface area contributed by atoms with Gasteiger partial charge in [0, 0.05) is 20.5 Å². The molecule has 0 saturated carbocycles. The lowest BCUT2D eigenvalue weighted by Crippen LogP contribution is -2.50. The maximum Gasteiger partial charge on any atom is 0.262 e. The summed E-state index contributed by atoms with van der Waals surface area (Å²) in [5.74, 6) is -0.111. The van der Waals surface area contributed by atoms with E-state index in [0.29, 0.717) is 29.2 Å². The Kier molecular flexibility index (Phi) is 5.87. The van der Waals surface area contributed by atoms with Crippen molar-refractivity contribution in [3.63, 3.8) is 0 Å². The number of rotatable bonds is 7. The minimum absolute atomic E-state index is 0.173. The summed E-state index contributed by atoms with van der Waals surface area (Å²) in [5, 5.41) is 0. The van der Waals surface area contributed by atoms with Gasteiger partial charge in [-0.2, -0.15) is 0 Å². The Bertz CT molecular complexity index is 919. The van der Waals surface area contributed by atoms with Crippen LogP contribution in [0.3, 0.4) is 0 Å². The molecule has 29 heavy (non-hydrogen) atoms. The van der Waals surface area contributed by atoms with E-state index in [1.165, 1.54) is 4.90 Å². The van der Waals surface area contributed by atoms with Crippen LogP contribution in [0.4, 0.5) is 0 Å². The first kappa shape index (κ1) is 20.4. The van der Waals surface area contributed by atoms with Crippen LogP contribution in [0.2, 0.25) is 0 Å². The highest BCUT2D eigenvalue weighted by Crippen LogP contribution is 2.31. The zero-order valence-electron chi connectivity index (χ0n) is 17.0. The van der Waals surface area contributed by atoms with Crippen LogP contribution >= 0.6 is 0 Å². The van der Waals surface area contributed by atoms with Gasteiger partial charge in [-0.25, -0.2) is 0 Å². The molecular weight excluding hydrogens is 372 g/mol. The van der Waals surface area contributed by atoms with Gasteiger partial charge in [-0.1, -0.05) is 18.2 Å². The van der Waals surface area contributed by atoms with Gasteiger partial charge in [0.2, 0.25) is 5.91 Å². The highest BCUT2D eigenvalue weighted by molar-refractivity contribution is 6.22. The van der Waals surface area contributed by atoms with Gasteiger partial charge in [-0.3, -0.25) is 19.3 Å². The first-order valence-electron chi connectivity index (χ1n) is 9.36. The lowest BCUT2D eigenvalue weighted by atomic mass is 10.0. The molecule has 1 aliphatic rings. The van der Waals surface area contributed by atoms with Crippen LogP contribution in [0, 0.1) is 0 Å². The fourth-order valence-electron chi connectivity index (χ4n) is 3.42. The molecule has 152 valence electrons. The third kappa shape index (κ3) is 3.81. The molecule has 0 bridgehead atoms. The number of hydrogen-bond acceptors (Lipinski definition) is 5. The fraction of sp³-hybridized carbons (Fsp3) is 0.318. The average Bonchev–Trinajstić information content (AvgIpc) is 2.97. The zero-order chi connectivity index (χ0) is 21.1. The molecule has 2 aromatic carbocycles. The van der Waals surface area contributed by atoms with E-state index >= 15 is 0 Å². The molecule has 0 aromatic heterocycles. The van der Waals surface area contributed by atoms with E-state index in [0.717, 1.165) is 10.5 Å². The highest BCUT2D eigenvalue weighted by Gasteiger charge is 2.43. The van der Waals surface area contributed by atoms with Crippen LogP contribution < -0.4 is 9.47 Å². The Morgan fingerprint density at radius 1 is 1.03 bits per heavy atom. The molecule has 7 nitrogen and oxygen atoms in total. The average molecular weight is 396 g/mol. The molecule has 0 fully saturated rings. The highest BCUT2D eigenvalue weighted by atomic mass is 16.5. The first-order chi connectivity index (χ1) is 13.9. The van der Waals surface area contributed by atoms with Crippen LogP contribution in [-0.2, 0) is 11.2 Å². The number of ether oxygens (including phenoxy) is 2. The molecule has 0 aliphatic carbocycles. The number of carbonyl (C=O) groups excluding carboxylic acids is 3. The normalized spacial score (nSPS) is 13.9. The molecule has 2 aromatic rings. The van der Waals surface area contributed by atoms with Crippen molar-refractivity contribution in [2.75, 3.05) is 27.8 Å². The van der Waals surface area contributed by atoms with Gasteiger partial charge in [0.1, 0.15) is 6.04 Å². The number of hydrogen-bond donors (Lipinski definition) is 0. The summed E-state index contributed by atoms with van der Waals surface area (Å²) in [7, 11) is 4.76. The molecule has 1 heterocycles. The second-order valence-corrected chi connectivity index (χ2v) is 6.90. The molecule has 3 rings (SSSR count). The molecule has 7 heteroatoms. The van der Waals surface area contributed by atoms with E-state index < -0.39 is 17.9 Å². The van der Waals surface area contributed by atoms with Crippen molar-refractivity contribution in [2.24, 2.45) is 0 Å². The summed E-state index contributed by atoms with van der Waals surface area (Å²) in [6.45, 7) is 2.32. The van der Waals surface area contributed by atoms with Crippen LogP contribution in [0.15, 0.2) is 42.5 Å². The summed E-state index contributed by atoms with van der Waals surface area (Å²) in [6.07, 6.45) is 0.173. The number of amides is 3. The second-order valence-electron chi connectivity index (χ2n) is 6.90. The maximum absolute atomic E-state index is 12.9. The standard InChI is InChI=1S/C22H24N2O5/c1-5-29-19-13-14(10-11-18(19)28-4)12-17(22(27)23(2)3)24-20(25)15-8-6-7-9-16(15)21(24)26/h6-11,13,17H,5,12H2,1-4H3. The molecular formula is C22H24N2O5. The smallest absolute Gasteiger partial charge is 0.262 e. The van der Waals surface area contributed by atoms with E-state index in [1.807, 2.05) is 6.92 Å². The largest absolute Gasteiger partial charge is 0.493 e. The summed E-state index contributed by atoms with van der Waals surface area (Å²) in [5.41, 5.74) is 1.39. The van der Waals surface area contributed by atoms with Crippen LogP contribution in [0.5, 0.6) is 11.5 Å². The van der Waals surface area contributed by atoms with E-state index in [4.69, 9.17) is 9.47 Å². The Balaban J connectivity index is 1.98. The van der Waals surface area contributed by atoms with E-state index in [2.05, 4.69) is 0 Å². The van der Waals surface area contributed by atoms with E-state index in [-0.39, 0.29) is 12.3 Å². The third-order valence-corrected chi connectivity index (χ3v) is 4.82. The monoisotopic (exact) mass is 396 g/mol. The number of benzene rings is 2. The minimum Gasteiger partial charge on any atom is -0.493 e. The Labute approximate surface area is 169 Å². The van der Waals surface area contributed by atoms with Gasteiger partial charge in [0.05, 0.1) is 24.8 Å². The predicted molar refractivity (Wildman–Crippen MR) is 107 cm³/mol. The maximum atomic E-state index is 12.9. The van der Waals surface area contributed by atoms with Gasteiger partial charge < -0.3 is 14.4 Å². The van der Waals surface area contributed by atoms with Gasteiger partial charge in [0.15, 0.2) is 11.5 Å². The van der Waals surface area contributed by atoms with Gasteiger partial charge in [0.25, 0.3) is 11.8 Å². The Hall–Kier alpha value is -3.35. The van der Waals surface area contributed by atoms with E-state index in [9.17, 15) is 14.4 Å². The molecule has 0 radical (unpaired) electrons. The quantitative estimate of drug-likeness (QED) is 0.672. The van der Waals surface area contributed by atoms with Crippen molar-refractivity contribution >= 4 is 17.7 Å². The molecule has 1 atom stereocenters. The summed E-state index contributed by atoms with van der Waals surface area (Å²) in [6, 6.07) is 11.0. The first-order valence-corrected chi connectivity index (χ1v) is 9.36.